The van der Waals surface area contributed by atoms with Crippen molar-refractivity contribution in [3.63, 3.8) is 0 Å². The van der Waals surface area contributed by atoms with E-state index in [1.54, 1.807) is 18.2 Å². The van der Waals surface area contributed by atoms with Crippen molar-refractivity contribution in [2.45, 2.75) is 12.5 Å². The molecule has 2 unspecified atom stereocenters. The van der Waals surface area contributed by atoms with Gasteiger partial charge in [-0.3, -0.25) is 4.79 Å². The third kappa shape index (κ3) is 1.82. The van der Waals surface area contributed by atoms with E-state index in [1.807, 2.05) is 0 Å². The molecule has 1 saturated heterocycles. The van der Waals surface area contributed by atoms with Crippen LogP contribution in [-0.4, -0.2) is 30.1 Å². The first-order chi connectivity index (χ1) is 8.24. The molecular weight excluding hydrogens is 218 g/mol. The predicted octanol–water partition coefficient (Wildman–Crippen LogP) is 0.734. The van der Waals surface area contributed by atoms with Gasteiger partial charge in [-0.2, -0.15) is 0 Å². The Kier molecular flexibility index (Phi) is 2.40. The van der Waals surface area contributed by atoms with E-state index < -0.39 is 0 Å². The molecule has 5 heteroatoms. The third-order valence-corrected chi connectivity index (χ3v) is 3.42. The van der Waals surface area contributed by atoms with Crippen molar-refractivity contribution in [1.82, 2.24) is 5.32 Å². The number of nitrogens with one attached hydrogen (secondary N) is 3. The fraction of sp³-hybridized carbons (Fsp3) is 0.417. The maximum absolute atomic E-state index is 12.0. The molecule has 0 spiro atoms. The van der Waals surface area contributed by atoms with E-state index in [4.69, 9.17) is 0 Å². The van der Waals surface area contributed by atoms with E-state index in [9.17, 15) is 9.90 Å². The van der Waals surface area contributed by atoms with Gasteiger partial charge in [-0.1, -0.05) is 0 Å². The SMILES string of the molecule is O=C1Nc2ccc(O)cc2NC2CCNCC12. The molecule has 2 aliphatic heterocycles. The number of hydrogen-bond acceptors (Lipinski definition) is 4. The summed E-state index contributed by atoms with van der Waals surface area (Å²) < 4.78 is 0. The third-order valence-electron chi connectivity index (χ3n) is 3.42. The Morgan fingerprint density at radius 3 is 3.06 bits per heavy atom. The Labute approximate surface area is 99.2 Å². The van der Waals surface area contributed by atoms with Gasteiger partial charge in [-0.15, -0.1) is 0 Å². The maximum Gasteiger partial charge on any atom is 0.230 e. The van der Waals surface area contributed by atoms with E-state index in [-0.39, 0.29) is 23.6 Å². The molecule has 0 radical (unpaired) electrons. The number of carbonyl (C=O) groups is 1. The highest BCUT2D eigenvalue weighted by Crippen LogP contribution is 2.32. The monoisotopic (exact) mass is 233 g/mol. The van der Waals surface area contributed by atoms with Gasteiger partial charge in [0.05, 0.1) is 17.3 Å². The number of amides is 1. The first-order valence-electron chi connectivity index (χ1n) is 5.85. The summed E-state index contributed by atoms with van der Waals surface area (Å²) in [5.74, 6) is 0.190. The lowest BCUT2D eigenvalue weighted by Gasteiger charge is -2.29. The lowest BCUT2D eigenvalue weighted by Crippen LogP contribution is -2.47. The molecule has 1 aromatic rings. The lowest BCUT2D eigenvalue weighted by atomic mass is 9.93. The van der Waals surface area contributed by atoms with Crippen molar-refractivity contribution >= 4 is 17.3 Å². The second kappa shape index (κ2) is 3.92. The van der Waals surface area contributed by atoms with Crippen LogP contribution in [-0.2, 0) is 4.79 Å². The Bertz CT molecular complexity index is 461. The molecule has 1 amide bonds. The molecule has 2 aliphatic rings. The minimum Gasteiger partial charge on any atom is -0.508 e. The van der Waals surface area contributed by atoms with Crippen LogP contribution >= 0.6 is 0 Å². The number of hydrogen-bond donors (Lipinski definition) is 4. The van der Waals surface area contributed by atoms with Crippen LogP contribution in [0.2, 0.25) is 0 Å². The summed E-state index contributed by atoms with van der Waals surface area (Å²) in [6.45, 7) is 1.61. The molecule has 0 aromatic heterocycles. The Hall–Kier alpha value is -1.75. The average molecular weight is 233 g/mol. The van der Waals surface area contributed by atoms with Crippen LogP contribution in [0.3, 0.4) is 0 Å². The highest BCUT2D eigenvalue weighted by molar-refractivity contribution is 5.98. The fourth-order valence-corrected chi connectivity index (χ4v) is 2.49. The summed E-state index contributed by atoms with van der Waals surface area (Å²) >= 11 is 0. The molecule has 17 heavy (non-hydrogen) atoms. The number of carbonyl (C=O) groups excluding carboxylic acids is 1. The summed E-state index contributed by atoms with van der Waals surface area (Å²) in [5, 5.41) is 19.0. The van der Waals surface area contributed by atoms with Crippen molar-refractivity contribution in [1.29, 1.82) is 0 Å². The molecule has 1 fully saturated rings. The Balaban J connectivity index is 1.98. The van der Waals surface area contributed by atoms with Gasteiger partial charge in [0.15, 0.2) is 0 Å². The quantitative estimate of drug-likeness (QED) is 0.499. The predicted molar refractivity (Wildman–Crippen MR) is 65.1 cm³/mol. The van der Waals surface area contributed by atoms with E-state index in [0.29, 0.717) is 6.54 Å². The number of phenolic OH excluding ortho intramolecular Hbond substituents is 1. The molecule has 0 aliphatic carbocycles. The highest BCUT2D eigenvalue weighted by Gasteiger charge is 2.33. The van der Waals surface area contributed by atoms with Crippen LogP contribution in [0.5, 0.6) is 5.75 Å². The molecule has 0 saturated carbocycles. The number of fused-ring (bicyclic) bond motifs is 2. The number of aromatic hydroxyl groups is 1. The molecule has 0 bridgehead atoms. The lowest BCUT2D eigenvalue weighted by molar-refractivity contribution is -0.120. The maximum atomic E-state index is 12.0. The van der Waals surface area contributed by atoms with Gasteiger partial charge in [0, 0.05) is 18.7 Å². The molecule has 1 aromatic carbocycles. The van der Waals surface area contributed by atoms with Crippen LogP contribution in [0.4, 0.5) is 11.4 Å². The molecular formula is C12H15N3O2. The van der Waals surface area contributed by atoms with Crippen LogP contribution in [0.15, 0.2) is 18.2 Å². The van der Waals surface area contributed by atoms with Crippen molar-refractivity contribution in [2.75, 3.05) is 23.7 Å². The van der Waals surface area contributed by atoms with Crippen LogP contribution in [0.25, 0.3) is 0 Å². The Morgan fingerprint density at radius 2 is 2.18 bits per heavy atom. The summed E-state index contributed by atoms with van der Waals surface area (Å²) in [4.78, 5) is 12.0. The normalized spacial score (nSPS) is 27.2. The van der Waals surface area contributed by atoms with Crippen LogP contribution in [0, 0.1) is 5.92 Å². The smallest absolute Gasteiger partial charge is 0.230 e. The van der Waals surface area contributed by atoms with Gasteiger partial charge < -0.3 is 21.1 Å². The number of phenols is 1. The fourth-order valence-electron chi connectivity index (χ4n) is 2.49. The number of benzene rings is 1. The standard InChI is InChI=1S/C12H15N3O2/c16-7-1-2-10-11(5-7)14-9-3-4-13-6-8(9)12(17)15-10/h1-2,5,8-9,13-14,16H,3-4,6H2,(H,15,17). The Morgan fingerprint density at radius 1 is 1.29 bits per heavy atom. The summed E-state index contributed by atoms with van der Waals surface area (Å²) in [6, 6.07) is 5.09. The van der Waals surface area contributed by atoms with E-state index >= 15 is 0 Å². The first-order valence-corrected chi connectivity index (χ1v) is 5.85. The van der Waals surface area contributed by atoms with Crippen molar-refractivity contribution < 1.29 is 9.90 Å². The number of rotatable bonds is 0. The van der Waals surface area contributed by atoms with Gasteiger partial charge in [0.25, 0.3) is 0 Å². The average Bonchev–Trinajstić information content (AvgIpc) is 2.46. The van der Waals surface area contributed by atoms with Gasteiger partial charge in [-0.05, 0) is 25.1 Å². The molecule has 2 heterocycles. The second-order valence-corrected chi connectivity index (χ2v) is 4.57. The first kappa shape index (κ1) is 10.4. The second-order valence-electron chi connectivity index (χ2n) is 4.57. The topological polar surface area (TPSA) is 73.4 Å². The van der Waals surface area contributed by atoms with Crippen LogP contribution in [0.1, 0.15) is 6.42 Å². The van der Waals surface area contributed by atoms with Gasteiger partial charge in [0.2, 0.25) is 5.91 Å². The summed E-state index contributed by atoms with van der Waals surface area (Å²) in [5.41, 5.74) is 1.54. The zero-order chi connectivity index (χ0) is 11.8. The van der Waals surface area contributed by atoms with Gasteiger partial charge in [-0.25, -0.2) is 0 Å². The van der Waals surface area contributed by atoms with Gasteiger partial charge in [0.1, 0.15) is 5.75 Å². The van der Waals surface area contributed by atoms with Crippen molar-refractivity contribution in [3.05, 3.63) is 18.2 Å². The molecule has 2 atom stereocenters. The molecule has 3 rings (SSSR count). The van der Waals surface area contributed by atoms with Crippen molar-refractivity contribution in [2.24, 2.45) is 5.92 Å². The summed E-state index contributed by atoms with van der Waals surface area (Å²) in [7, 11) is 0. The zero-order valence-electron chi connectivity index (χ0n) is 9.36. The number of anilines is 2. The largest absolute Gasteiger partial charge is 0.508 e. The minimum atomic E-state index is -0.0571. The molecule has 5 nitrogen and oxygen atoms in total. The van der Waals surface area contributed by atoms with E-state index in [1.165, 1.54) is 0 Å². The summed E-state index contributed by atoms with van der Waals surface area (Å²) in [6.07, 6.45) is 0.910. The number of piperidine rings is 1. The van der Waals surface area contributed by atoms with Crippen molar-refractivity contribution in [3.8, 4) is 5.75 Å². The minimum absolute atomic E-state index is 0.0409. The van der Waals surface area contributed by atoms with Crippen LogP contribution < -0.4 is 16.0 Å². The van der Waals surface area contributed by atoms with E-state index in [2.05, 4.69) is 16.0 Å². The van der Waals surface area contributed by atoms with Gasteiger partial charge >= 0.3 is 0 Å². The molecule has 4 N–H and O–H groups in total. The molecule has 90 valence electrons. The van der Waals surface area contributed by atoms with E-state index in [0.717, 1.165) is 24.3 Å². The highest BCUT2D eigenvalue weighted by atomic mass is 16.3. The zero-order valence-corrected chi connectivity index (χ0v) is 9.36.